The van der Waals surface area contributed by atoms with Crippen molar-refractivity contribution in [3.8, 4) is 0 Å². The maximum absolute atomic E-state index is 11.5. The second-order valence-electron chi connectivity index (χ2n) is 3.15. The van der Waals surface area contributed by atoms with E-state index in [9.17, 15) is 9.59 Å². The quantitative estimate of drug-likeness (QED) is 0.734. The van der Waals surface area contributed by atoms with Crippen LogP contribution in [0.5, 0.6) is 0 Å². The molecular weight excluding hydrogens is 210 g/mol. The number of anilines is 1. The molecule has 2 N–H and O–H groups in total. The number of hydrogen-bond donors (Lipinski definition) is 2. The van der Waals surface area contributed by atoms with E-state index in [1.807, 2.05) is 6.07 Å². The Morgan fingerprint density at radius 2 is 2.06 bits per heavy atom. The van der Waals surface area contributed by atoms with Crippen LogP contribution in [0.2, 0.25) is 0 Å². The van der Waals surface area contributed by atoms with Crippen molar-refractivity contribution in [1.29, 1.82) is 0 Å². The van der Waals surface area contributed by atoms with Gasteiger partial charge in [0.1, 0.15) is 6.54 Å². The summed E-state index contributed by atoms with van der Waals surface area (Å²) in [7, 11) is 0. The predicted octanol–water partition coefficient (Wildman–Crippen LogP) is 0.0209. The lowest BCUT2D eigenvalue weighted by molar-refractivity contribution is -0.129. The highest BCUT2D eigenvalue weighted by Gasteiger charge is 2.24. The highest BCUT2D eigenvalue weighted by atomic mass is 16.4. The molecule has 0 spiro atoms. The zero-order valence-corrected chi connectivity index (χ0v) is 8.25. The topological polar surface area (TPSA) is 82.0 Å². The number of para-hydroxylation sites is 1. The highest BCUT2D eigenvalue weighted by molar-refractivity contribution is 6.36. The van der Waals surface area contributed by atoms with Crippen molar-refractivity contribution in [1.82, 2.24) is 5.43 Å². The molecule has 1 aliphatic rings. The van der Waals surface area contributed by atoms with Crippen molar-refractivity contribution in [3.63, 3.8) is 0 Å². The van der Waals surface area contributed by atoms with Gasteiger partial charge >= 0.3 is 5.97 Å². The third-order valence-electron chi connectivity index (χ3n) is 2.06. The minimum absolute atomic E-state index is 0.163. The first kappa shape index (κ1) is 10.2. The second-order valence-corrected chi connectivity index (χ2v) is 3.15. The number of carbonyl (C=O) groups excluding carboxylic acids is 1. The fraction of sp³-hybridized carbons (Fsp3) is 0.100. The number of carboxylic acids is 1. The van der Waals surface area contributed by atoms with Crippen LogP contribution < -0.4 is 10.4 Å². The molecule has 1 amide bonds. The van der Waals surface area contributed by atoms with E-state index in [4.69, 9.17) is 5.11 Å². The summed E-state index contributed by atoms with van der Waals surface area (Å²) in [6.45, 7) is -0.163. The van der Waals surface area contributed by atoms with Crippen molar-refractivity contribution in [3.05, 3.63) is 30.3 Å². The zero-order valence-electron chi connectivity index (χ0n) is 8.25. The van der Waals surface area contributed by atoms with Gasteiger partial charge in [0.15, 0.2) is 0 Å². The molecule has 0 radical (unpaired) electrons. The van der Waals surface area contributed by atoms with Crippen LogP contribution in [-0.4, -0.2) is 29.4 Å². The number of benzene rings is 1. The molecule has 0 fully saturated rings. The van der Waals surface area contributed by atoms with Crippen LogP contribution in [0.4, 0.5) is 5.69 Å². The number of carbonyl (C=O) groups is 2. The molecule has 2 rings (SSSR count). The molecule has 1 heterocycles. The summed E-state index contributed by atoms with van der Waals surface area (Å²) in [5, 5.41) is 9.93. The maximum Gasteiger partial charge on any atom is 0.372 e. The van der Waals surface area contributed by atoms with Gasteiger partial charge in [0.05, 0.1) is 5.69 Å². The minimum Gasteiger partial charge on any atom is -0.475 e. The lowest BCUT2D eigenvalue weighted by Gasteiger charge is -2.26. The number of carboxylic acid groups (broad SMARTS) is 1. The van der Waals surface area contributed by atoms with E-state index in [1.54, 1.807) is 24.3 Å². The van der Waals surface area contributed by atoms with E-state index < -0.39 is 5.97 Å². The first-order valence-electron chi connectivity index (χ1n) is 4.61. The molecule has 0 saturated carbocycles. The number of aliphatic imine (C=N–C) groups is 1. The lowest BCUT2D eigenvalue weighted by atomic mass is 10.3. The molecular formula is C10H9N3O3. The first-order chi connectivity index (χ1) is 7.68. The Kier molecular flexibility index (Phi) is 2.55. The van der Waals surface area contributed by atoms with Gasteiger partial charge in [-0.1, -0.05) is 18.2 Å². The van der Waals surface area contributed by atoms with Crippen molar-refractivity contribution in [2.45, 2.75) is 0 Å². The van der Waals surface area contributed by atoms with Gasteiger partial charge < -0.3 is 5.11 Å². The fourth-order valence-corrected chi connectivity index (χ4v) is 1.32. The molecule has 82 valence electrons. The van der Waals surface area contributed by atoms with Gasteiger partial charge in [0, 0.05) is 0 Å². The molecule has 0 aliphatic carbocycles. The molecule has 1 aliphatic heterocycles. The molecule has 1 aromatic rings. The number of nitrogens with zero attached hydrogens (tertiary/aromatic N) is 2. The van der Waals surface area contributed by atoms with Crippen molar-refractivity contribution >= 4 is 23.4 Å². The molecule has 0 aromatic heterocycles. The van der Waals surface area contributed by atoms with Crippen LogP contribution in [0.1, 0.15) is 0 Å². The summed E-state index contributed by atoms with van der Waals surface area (Å²) in [6, 6.07) is 8.74. The smallest absolute Gasteiger partial charge is 0.372 e. The van der Waals surface area contributed by atoms with Gasteiger partial charge in [-0.05, 0) is 12.1 Å². The van der Waals surface area contributed by atoms with E-state index >= 15 is 0 Å². The molecule has 0 saturated heterocycles. The van der Waals surface area contributed by atoms with Gasteiger partial charge in [-0.2, -0.15) is 0 Å². The van der Waals surface area contributed by atoms with Crippen molar-refractivity contribution < 1.29 is 14.7 Å². The van der Waals surface area contributed by atoms with Crippen LogP contribution in [0.15, 0.2) is 35.3 Å². The maximum atomic E-state index is 11.5. The van der Waals surface area contributed by atoms with Crippen LogP contribution in [-0.2, 0) is 9.59 Å². The monoisotopic (exact) mass is 219 g/mol. The van der Waals surface area contributed by atoms with Crippen LogP contribution in [0.3, 0.4) is 0 Å². The number of amides is 1. The van der Waals surface area contributed by atoms with E-state index in [0.29, 0.717) is 5.69 Å². The number of hydrazine groups is 1. The molecule has 0 bridgehead atoms. The van der Waals surface area contributed by atoms with E-state index in [-0.39, 0.29) is 18.3 Å². The highest BCUT2D eigenvalue weighted by Crippen LogP contribution is 2.12. The average molecular weight is 219 g/mol. The summed E-state index contributed by atoms with van der Waals surface area (Å²) in [5.74, 6) is -1.71. The van der Waals surface area contributed by atoms with Crippen molar-refractivity contribution in [2.75, 3.05) is 11.6 Å². The molecule has 1 aromatic carbocycles. The van der Waals surface area contributed by atoms with Gasteiger partial charge in [-0.3, -0.25) is 15.2 Å². The summed E-state index contributed by atoms with van der Waals surface area (Å²) >= 11 is 0. The molecule has 6 nitrogen and oxygen atoms in total. The Morgan fingerprint density at radius 3 is 2.69 bits per heavy atom. The van der Waals surface area contributed by atoms with Gasteiger partial charge in [0.25, 0.3) is 5.91 Å². The summed E-state index contributed by atoms with van der Waals surface area (Å²) in [5.41, 5.74) is 3.04. The molecule has 6 heteroatoms. The second kappa shape index (κ2) is 4.01. The lowest BCUT2D eigenvalue weighted by Crippen LogP contribution is -2.53. The SMILES string of the molecule is O=C(O)C1=NCC(=O)N(c2ccccc2)N1. The van der Waals surface area contributed by atoms with Gasteiger partial charge in [-0.25, -0.2) is 9.80 Å². The Labute approximate surface area is 91.2 Å². The average Bonchev–Trinajstić information content (AvgIpc) is 2.30. The largest absolute Gasteiger partial charge is 0.475 e. The predicted molar refractivity (Wildman–Crippen MR) is 57.0 cm³/mol. The Balaban J connectivity index is 2.27. The van der Waals surface area contributed by atoms with Crippen molar-refractivity contribution in [2.24, 2.45) is 4.99 Å². The minimum atomic E-state index is -1.19. The standard InChI is InChI=1S/C10H9N3O3/c14-8-6-11-9(10(15)16)12-13(8)7-4-2-1-3-5-7/h1-5H,6H2,(H,11,12)(H,15,16). The number of rotatable bonds is 2. The van der Waals surface area contributed by atoms with Gasteiger partial charge in [0.2, 0.25) is 5.84 Å². The molecule has 0 unspecified atom stereocenters. The third kappa shape index (κ3) is 1.85. The summed E-state index contributed by atoms with van der Waals surface area (Å²) < 4.78 is 0. The third-order valence-corrected chi connectivity index (χ3v) is 2.06. The number of nitrogens with one attached hydrogen (secondary N) is 1. The van der Waals surface area contributed by atoms with Gasteiger partial charge in [-0.15, -0.1) is 0 Å². The Bertz CT molecular complexity index is 456. The number of aliphatic carboxylic acids is 1. The van der Waals surface area contributed by atoms with Crippen LogP contribution >= 0.6 is 0 Å². The summed E-state index contributed by atoms with van der Waals surface area (Å²) in [4.78, 5) is 25.8. The number of amidine groups is 1. The first-order valence-corrected chi connectivity index (χ1v) is 4.61. The number of hydrogen-bond acceptors (Lipinski definition) is 4. The van der Waals surface area contributed by atoms with E-state index in [0.717, 1.165) is 0 Å². The van der Waals surface area contributed by atoms with E-state index in [1.165, 1.54) is 5.01 Å². The normalized spacial score (nSPS) is 15.4. The zero-order chi connectivity index (χ0) is 11.5. The fourth-order valence-electron chi connectivity index (χ4n) is 1.32. The Morgan fingerprint density at radius 1 is 1.38 bits per heavy atom. The van der Waals surface area contributed by atoms with E-state index in [2.05, 4.69) is 10.4 Å². The van der Waals surface area contributed by atoms with Crippen LogP contribution in [0, 0.1) is 0 Å². The summed E-state index contributed by atoms with van der Waals surface area (Å²) in [6.07, 6.45) is 0. The Hall–Kier alpha value is -2.37. The molecule has 16 heavy (non-hydrogen) atoms. The van der Waals surface area contributed by atoms with Crippen LogP contribution in [0.25, 0.3) is 0 Å². The molecule has 0 atom stereocenters.